The SMILES string of the molecule is Cc1ccccc1OC(=O)C1CCN(c2ncccn2)CC1. The lowest BCUT2D eigenvalue weighted by atomic mass is 9.97. The van der Waals surface area contributed by atoms with Crippen molar-refractivity contribution in [3.63, 3.8) is 0 Å². The topological polar surface area (TPSA) is 55.3 Å². The molecule has 0 amide bonds. The summed E-state index contributed by atoms with van der Waals surface area (Å²) < 4.78 is 5.54. The number of hydrogen-bond donors (Lipinski definition) is 0. The van der Waals surface area contributed by atoms with Gasteiger partial charge in [-0.25, -0.2) is 9.97 Å². The summed E-state index contributed by atoms with van der Waals surface area (Å²) in [6, 6.07) is 9.39. The van der Waals surface area contributed by atoms with E-state index in [-0.39, 0.29) is 11.9 Å². The van der Waals surface area contributed by atoms with Crippen molar-refractivity contribution >= 4 is 11.9 Å². The molecule has 0 bridgehead atoms. The Labute approximate surface area is 130 Å². The van der Waals surface area contributed by atoms with Crippen LogP contribution in [0.25, 0.3) is 0 Å². The predicted octanol–water partition coefficient (Wildman–Crippen LogP) is 2.61. The Morgan fingerprint density at radius 3 is 2.50 bits per heavy atom. The van der Waals surface area contributed by atoms with E-state index in [2.05, 4.69) is 14.9 Å². The number of hydrogen-bond acceptors (Lipinski definition) is 5. The summed E-state index contributed by atoms with van der Waals surface area (Å²) in [5.41, 5.74) is 0.978. The molecule has 0 N–H and O–H groups in total. The minimum Gasteiger partial charge on any atom is -0.426 e. The number of aromatic nitrogens is 2. The Morgan fingerprint density at radius 2 is 1.82 bits per heavy atom. The van der Waals surface area contributed by atoms with Gasteiger partial charge in [0, 0.05) is 25.5 Å². The second-order valence-electron chi connectivity index (χ2n) is 5.50. The summed E-state index contributed by atoms with van der Waals surface area (Å²) in [4.78, 5) is 22.9. The number of ether oxygens (including phenoxy) is 1. The number of nitrogens with zero attached hydrogens (tertiary/aromatic N) is 3. The van der Waals surface area contributed by atoms with Gasteiger partial charge in [-0.3, -0.25) is 4.79 Å². The molecule has 0 aliphatic carbocycles. The van der Waals surface area contributed by atoms with Crippen LogP contribution in [0.3, 0.4) is 0 Å². The average Bonchev–Trinajstić information content (AvgIpc) is 2.58. The summed E-state index contributed by atoms with van der Waals surface area (Å²) in [5, 5.41) is 0. The molecule has 1 aliphatic rings. The number of carbonyl (C=O) groups excluding carboxylic acids is 1. The van der Waals surface area contributed by atoms with Gasteiger partial charge >= 0.3 is 5.97 Å². The first-order valence-electron chi connectivity index (χ1n) is 7.53. The fourth-order valence-electron chi connectivity index (χ4n) is 2.63. The van der Waals surface area contributed by atoms with E-state index in [1.807, 2.05) is 31.2 Å². The van der Waals surface area contributed by atoms with Gasteiger partial charge in [0.15, 0.2) is 0 Å². The van der Waals surface area contributed by atoms with Crippen molar-refractivity contribution in [2.75, 3.05) is 18.0 Å². The van der Waals surface area contributed by atoms with Crippen molar-refractivity contribution in [3.05, 3.63) is 48.3 Å². The third-order valence-corrected chi connectivity index (χ3v) is 3.97. The summed E-state index contributed by atoms with van der Waals surface area (Å²) in [6.07, 6.45) is 5.01. The van der Waals surface area contributed by atoms with Gasteiger partial charge < -0.3 is 9.64 Å². The molecular weight excluding hydrogens is 278 g/mol. The van der Waals surface area contributed by atoms with E-state index < -0.39 is 0 Å². The van der Waals surface area contributed by atoms with Crippen molar-refractivity contribution in [2.45, 2.75) is 19.8 Å². The van der Waals surface area contributed by atoms with E-state index in [0.29, 0.717) is 5.75 Å². The first kappa shape index (κ1) is 14.5. The fourth-order valence-corrected chi connectivity index (χ4v) is 2.63. The lowest BCUT2D eigenvalue weighted by molar-refractivity contribution is -0.139. The molecule has 2 aromatic rings. The lowest BCUT2D eigenvalue weighted by Crippen LogP contribution is -2.38. The molecule has 114 valence electrons. The Bertz CT molecular complexity index is 637. The Balaban J connectivity index is 1.57. The van der Waals surface area contributed by atoms with Crippen molar-refractivity contribution in [3.8, 4) is 5.75 Å². The van der Waals surface area contributed by atoms with E-state index in [1.54, 1.807) is 18.5 Å². The number of para-hydroxylation sites is 1. The molecular formula is C17H19N3O2. The number of aryl methyl sites for hydroxylation is 1. The van der Waals surface area contributed by atoms with Gasteiger partial charge in [-0.2, -0.15) is 0 Å². The number of anilines is 1. The number of benzene rings is 1. The van der Waals surface area contributed by atoms with Crippen LogP contribution in [0.4, 0.5) is 5.95 Å². The van der Waals surface area contributed by atoms with Crippen LogP contribution in [0.5, 0.6) is 5.75 Å². The van der Waals surface area contributed by atoms with Crippen LogP contribution in [-0.4, -0.2) is 29.0 Å². The minimum atomic E-state index is -0.136. The summed E-state index contributed by atoms with van der Waals surface area (Å²) in [6.45, 7) is 3.49. The summed E-state index contributed by atoms with van der Waals surface area (Å²) in [5.74, 6) is 1.19. The number of carbonyl (C=O) groups is 1. The van der Waals surface area contributed by atoms with Crippen molar-refractivity contribution < 1.29 is 9.53 Å². The van der Waals surface area contributed by atoms with Gasteiger partial charge in [-0.1, -0.05) is 18.2 Å². The monoisotopic (exact) mass is 297 g/mol. The normalized spacial score (nSPS) is 15.6. The molecule has 1 aromatic carbocycles. The van der Waals surface area contributed by atoms with Crippen molar-refractivity contribution in [1.82, 2.24) is 9.97 Å². The van der Waals surface area contributed by atoms with Crippen LogP contribution < -0.4 is 9.64 Å². The molecule has 0 spiro atoms. The molecule has 1 aromatic heterocycles. The van der Waals surface area contributed by atoms with Gasteiger partial charge in [0.1, 0.15) is 5.75 Å². The van der Waals surface area contributed by atoms with E-state index in [9.17, 15) is 4.79 Å². The molecule has 1 aliphatic heterocycles. The lowest BCUT2D eigenvalue weighted by Gasteiger charge is -2.30. The zero-order valence-electron chi connectivity index (χ0n) is 12.6. The Morgan fingerprint density at radius 1 is 1.14 bits per heavy atom. The second-order valence-corrected chi connectivity index (χ2v) is 5.50. The fraction of sp³-hybridized carbons (Fsp3) is 0.353. The van der Waals surface area contributed by atoms with Gasteiger partial charge in [0.25, 0.3) is 0 Å². The highest BCUT2D eigenvalue weighted by Crippen LogP contribution is 2.24. The zero-order valence-corrected chi connectivity index (χ0v) is 12.6. The molecule has 0 atom stereocenters. The molecule has 0 saturated carbocycles. The van der Waals surface area contributed by atoms with Crippen LogP contribution >= 0.6 is 0 Å². The first-order chi connectivity index (χ1) is 10.7. The first-order valence-corrected chi connectivity index (χ1v) is 7.53. The zero-order chi connectivity index (χ0) is 15.4. The highest BCUT2D eigenvalue weighted by Gasteiger charge is 2.27. The van der Waals surface area contributed by atoms with Crippen LogP contribution in [0.15, 0.2) is 42.7 Å². The number of esters is 1. The molecule has 1 saturated heterocycles. The number of piperidine rings is 1. The number of rotatable bonds is 3. The van der Waals surface area contributed by atoms with Crippen molar-refractivity contribution in [2.24, 2.45) is 5.92 Å². The smallest absolute Gasteiger partial charge is 0.314 e. The molecule has 0 radical (unpaired) electrons. The molecule has 22 heavy (non-hydrogen) atoms. The van der Waals surface area contributed by atoms with Crippen LogP contribution in [0.1, 0.15) is 18.4 Å². The summed E-state index contributed by atoms with van der Waals surface area (Å²) >= 11 is 0. The van der Waals surface area contributed by atoms with Crippen LogP contribution in [0, 0.1) is 12.8 Å². The Kier molecular flexibility index (Phi) is 4.32. The third kappa shape index (κ3) is 3.24. The molecule has 5 nitrogen and oxygen atoms in total. The van der Waals surface area contributed by atoms with E-state index >= 15 is 0 Å². The van der Waals surface area contributed by atoms with Crippen molar-refractivity contribution in [1.29, 1.82) is 0 Å². The second kappa shape index (κ2) is 6.56. The van der Waals surface area contributed by atoms with Gasteiger partial charge in [0.2, 0.25) is 5.95 Å². The van der Waals surface area contributed by atoms with Crippen LogP contribution in [-0.2, 0) is 4.79 Å². The van der Waals surface area contributed by atoms with E-state index in [4.69, 9.17) is 4.74 Å². The van der Waals surface area contributed by atoms with Crippen LogP contribution in [0.2, 0.25) is 0 Å². The van der Waals surface area contributed by atoms with Gasteiger partial charge in [-0.05, 0) is 37.5 Å². The average molecular weight is 297 g/mol. The minimum absolute atomic E-state index is 0.0560. The molecule has 2 heterocycles. The molecule has 3 rings (SSSR count). The van der Waals surface area contributed by atoms with Gasteiger partial charge in [0.05, 0.1) is 5.92 Å². The molecule has 0 unspecified atom stereocenters. The predicted molar refractivity (Wildman–Crippen MR) is 83.8 cm³/mol. The van der Waals surface area contributed by atoms with Gasteiger partial charge in [-0.15, -0.1) is 0 Å². The third-order valence-electron chi connectivity index (χ3n) is 3.97. The largest absolute Gasteiger partial charge is 0.426 e. The maximum atomic E-state index is 12.3. The Hall–Kier alpha value is -2.43. The summed E-state index contributed by atoms with van der Waals surface area (Å²) in [7, 11) is 0. The highest BCUT2D eigenvalue weighted by atomic mass is 16.5. The van der Waals surface area contributed by atoms with E-state index in [1.165, 1.54) is 0 Å². The van der Waals surface area contributed by atoms with E-state index in [0.717, 1.165) is 37.4 Å². The standard InChI is InChI=1S/C17H19N3O2/c1-13-5-2-3-6-15(13)22-16(21)14-7-11-20(12-8-14)17-18-9-4-10-19-17/h2-6,9-10,14H,7-8,11-12H2,1H3. The maximum absolute atomic E-state index is 12.3. The maximum Gasteiger partial charge on any atom is 0.314 e. The highest BCUT2D eigenvalue weighted by molar-refractivity contribution is 5.75. The molecule has 1 fully saturated rings. The molecule has 5 heteroatoms. The quantitative estimate of drug-likeness (QED) is 0.644.